The molecule has 7 heteroatoms. The lowest BCUT2D eigenvalue weighted by Gasteiger charge is -2.08. The van der Waals surface area contributed by atoms with E-state index in [-0.39, 0.29) is 5.91 Å². The van der Waals surface area contributed by atoms with Gasteiger partial charge in [-0.1, -0.05) is 65.4 Å². The van der Waals surface area contributed by atoms with Gasteiger partial charge in [0.15, 0.2) is 0 Å². The molecule has 3 nitrogen and oxygen atoms in total. The maximum Gasteiger partial charge on any atom is 0.263 e. The second-order valence-corrected chi connectivity index (χ2v) is 7.51. The van der Waals surface area contributed by atoms with Crippen LogP contribution in [0.1, 0.15) is 11.1 Å². The first-order valence-electron chi connectivity index (χ1n) is 6.93. The van der Waals surface area contributed by atoms with E-state index in [4.69, 9.17) is 40.2 Å². The number of thioether (sulfide) groups is 1. The van der Waals surface area contributed by atoms with Crippen LogP contribution in [0.2, 0.25) is 10.0 Å². The van der Waals surface area contributed by atoms with Crippen LogP contribution >= 0.6 is 47.2 Å². The van der Waals surface area contributed by atoms with E-state index in [0.717, 1.165) is 11.1 Å². The first-order valence-corrected chi connectivity index (χ1v) is 8.91. The van der Waals surface area contributed by atoms with Crippen molar-refractivity contribution in [2.45, 2.75) is 6.61 Å². The summed E-state index contributed by atoms with van der Waals surface area (Å²) in [6.45, 7) is 0.350. The summed E-state index contributed by atoms with van der Waals surface area (Å²) < 4.78 is 6.20. The highest BCUT2D eigenvalue weighted by atomic mass is 35.5. The Morgan fingerprint density at radius 2 is 1.92 bits per heavy atom. The largest absolute Gasteiger partial charge is 0.489 e. The van der Waals surface area contributed by atoms with Crippen LogP contribution in [-0.4, -0.2) is 10.2 Å². The number of amides is 1. The van der Waals surface area contributed by atoms with Gasteiger partial charge in [-0.3, -0.25) is 4.79 Å². The molecule has 0 spiro atoms. The van der Waals surface area contributed by atoms with E-state index in [9.17, 15) is 4.79 Å². The van der Waals surface area contributed by atoms with Crippen molar-refractivity contribution in [1.29, 1.82) is 0 Å². The van der Waals surface area contributed by atoms with E-state index in [2.05, 4.69) is 5.32 Å². The number of carbonyl (C=O) groups is 1. The molecule has 1 amide bonds. The van der Waals surface area contributed by atoms with E-state index in [1.165, 1.54) is 11.8 Å². The number of hydrogen-bond donors (Lipinski definition) is 1. The topological polar surface area (TPSA) is 38.3 Å². The summed E-state index contributed by atoms with van der Waals surface area (Å²) in [5.74, 6) is 0.546. The number of benzene rings is 2. The smallest absolute Gasteiger partial charge is 0.263 e. The minimum absolute atomic E-state index is 0.164. The van der Waals surface area contributed by atoms with Gasteiger partial charge in [-0.15, -0.1) is 0 Å². The molecular weight excluding hydrogens is 385 g/mol. The standard InChI is InChI=1S/C17H11Cl2NO2S2/c18-12-4-3-11(14(19)8-12)9-22-13-5-1-10(2-6-13)7-15-16(21)20-17(23)24-15/h1-8H,9H2,(H,20,21,23). The van der Waals surface area contributed by atoms with E-state index in [1.54, 1.807) is 18.2 Å². The van der Waals surface area contributed by atoms with E-state index in [1.807, 2.05) is 30.3 Å². The van der Waals surface area contributed by atoms with E-state index in [0.29, 0.717) is 31.6 Å². The Hall–Kier alpha value is -1.53. The highest BCUT2D eigenvalue weighted by Gasteiger charge is 2.21. The van der Waals surface area contributed by atoms with Gasteiger partial charge in [-0.05, 0) is 35.9 Å². The number of thiocarbonyl (C=S) groups is 1. The zero-order valence-corrected chi connectivity index (χ0v) is 15.4. The summed E-state index contributed by atoms with van der Waals surface area (Å²) in [6, 6.07) is 12.7. The van der Waals surface area contributed by atoms with Gasteiger partial charge in [-0.25, -0.2) is 0 Å². The van der Waals surface area contributed by atoms with Gasteiger partial charge in [0.05, 0.1) is 4.91 Å². The maximum absolute atomic E-state index is 11.6. The number of carbonyl (C=O) groups excluding carboxylic acids is 1. The van der Waals surface area contributed by atoms with Crippen molar-refractivity contribution in [2.75, 3.05) is 0 Å². The number of nitrogens with one attached hydrogen (secondary N) is 1. The Morgan fingerprint density at radius 1 is 1.17 bits per heavy atom. The molecule has 24 heavy (non-hydrogen) atoms. The van der Waals surface area contributed by atoms with Crippen LogP contribution in [0.25, 0.3) is 6.08 Å². The Bertz CT molecular complexity index is 835. The van der Waals surface area contributed by atoms with Gasteiger partial charge in [0, 0.05) is 15.6 Å². The first-order chi connectivity index (χ1) is 11.5. The molecule has 0 saturated carbocycles. The van der Waals surface area contributed by atoms with Crippen LogP contribution in [0.4, 0.5) is 0 Å². The van der Waals surface area contributed by atoms with Gasteiger partial charge >= 0.3 is 0 Å². The lowest BCUT2D eigenvalue weighted by molar-refractivity contribution is -0.115. The van der Waals surface area contributed by atoms with Gasteiger partial charge in [0.25, 0.3) is 5.91 Å². The van der Waals surface area contributed by atoms with Crippen molar-refractivity contribution >= 4 is 63.5 Å². The molecule has 1 heterocycles. The number of halogens is 2. The van der Waals surface area contributed by atoms with Crippen molar-refractivity contribution in [1.82, 2.24) is 5.32 Å². The molecule has 0 unspecified atom stereocenters. The lowest BCUT2D eigenvalue weighted by atomic mass is 10.2. The van der Waals surface area contributed by atoms with Crippen molar-refractivity contribution < 1.29 is 9.53 Å². The summed E-state index contributed by atoms with van der Waals surface area (Å²) in [5, 5.41) is 3.75. The number of rotatable bonds is 4. The van der Waals surface area contributed by atoms with Crippen LogP contribution in [0.15, 0.2) is 47.4 Å². The third-order valence-electron chi connectivity index (χ3n) is 3.23. The molecule has 1 N–H and O–H groups in total. The molecule has 2 aromatic carbocycles. The fourth-order valence-electron chi connectivity index (χ4n) is 2.03. The van der Waals surface area contributed by atoms with Gasteiger partial charge in [0.2, 0.25) is 0 Å². The zero-order valence-electron chi connectivity index (χ0n) is 12.2. The third kappa shape index (κ3) is 4.30. The van der Waals surface area contributed by atoms with E-state index < -0.39 is 0 Å². The predicted molar refractivity (Wildman–Crippen MR) is 104 cm³/mol. The second kappa shape index (κ2) is 7.57. The Labute approximate surface area is 159 Å². The van der Waals surface area contributed by atoms with Crippen LogP contribution in [-0.2, 0) is 11.4 Å². The van der Waals surface area contributed by atoms with Crippen molar-refractivity contribution in [2.24, 2.45) is 0 Å². The average molecular weight is 396 g/mol. The molecule has 1 fully saturated rings. The molecule has 0 aliphatic carbocycles. The molecule has 0 radical (unpaired) electrons. The number of ether oxygens (including phenoxy) is 1. The average Bonchev–Trinajstić information content (AvgIpc) is 2.85. The number of hydrogen-bond acceptors (Lipinski definition) is 4. The summed E-state index contributed by atoms with van der Waals surface area (Å²) in [5.41, 5.74) is 1.76. The fourth-order valence-corrected chi connectivity index (χ4v) is 3.54. The summed E-state index contributed by atoms with van der Waals surface area (Å²) in [6.07, 6.45) is 1.79. The SMILES string of the molecule is O=C1NC(=S)SC1=Cc1ccc(OCc2ccc(Cl)cc2Cl)cc1. The summed E-state index contributed by atoms with van der Waals surface area (Å²) >= 11 is 18.2. The van der Waals surface area contributed by atoms with Gasteiger partial charge in [-0.2, -0.15) is 0 Å². The molecule has 122 valence electrons. The van der Waals surface area contributed by atoms with Crippen molar-refractivity contribution in [3.8, 4) is 5.75 Å². The fraction of sp³-hybridized carbons (Fsp3) is 0.0588. The molecule has 0 aromatic heterocycles. The van der Waals surface area contributed by atoms with Gasteiger partial charge in [0.1, 0.15) is 16.7 Å². The molecule has 2 aromatic rings. The molecule has 1 aliphatic heterocycles. The highest BCUT2D eigenvalue weighted by Crippen LogP contribution is 2.27. The maximum atomic E-state index is 11.6. The molecule has 1 aliphatic rings. The molecule has 1 saturated heterocycles. The Morgan fingerprint density at radius 3 is 2.54 bits per heavy atom. The Kier molecular flexibility index (Phi) is 5.46. The van der Waals surface area contributed by atoms with Crippen LogP contribution in [0, 0.1) is 0 Å². The molecule has 0 atom stereocenters. The van der Waals surface area contributed by atoms with Crippen LogP contribution in [0.5, 0.6) is 5.75 Å². The zero-order chi connectivity index (χ0) is 17.1. The lowest BCUT2D eigenvalue weighted by Crippen LogP contribution is -2.17. The Balaban J connectivity index is 1.65. The van der Waals surface area contributed by atoms with Crippen molar-refractivity contribution in [3.05, 3.63) is 68.5 Å². The third-order valence-corrected chi connectivity index (χ3v) is 4.98. The molecule has 0 bridgehead atoms. The molecular formula is C17H11Cl2NO2S2. The minimum Gasteiger partial charge on any atom is -0.489 e. The predicted octanol–water partition coefficient (Wildman–Crippen LogP) is 5.06. The quantitative estimate of drug-likeness (QED) is 0.579. The molecule has 3 rings (SSSR count). The minimum atomic E-state index is -0.164. The van der Waals surface area contributed by atoms with E-state index >= 15 is 0 Å². The van der Waals surface area contributed by atoms with Gasteiger partial charge < -0.3 is 10.1 Å². The van der Waals surface area contributed by atoms with Crippen LogP contribution < -0.4 is 10.1 Å². The highest BCUT2D eigenvalue weighted by molar-refractivity contribution is 8.26. The van der Waals surface area contributed by atoms with Crippen LogP contribution in [0.3, 0.4) is 0 Å². The summed E-state index contributed by atoms with van der Waals surface area (Å²) in [7, 11) is 0. The summed E-state index contributed by atoms with van der Waals surface area (Å²) in [4.78, 5) is 12.2. The second-order valence-electron chi connectivity index (χ2n) is 4.95. The monoisotopic (exact) mass is 395 g/mol. The first kappa shape index (κ1) is 17.3. The normalized spacial score (nSPS) is 15.7. The van der Waals surface area contributed by atoms with Crippen molar-refractivity contribution in [3.63, 3.8) is 0 Å².